The average Bonchev–Trinajstić information content (AvgIpc) is 3.48. The monoisotopic (exact) mass is 471 g/mol. The van der Waals surface area contributed by atoms with Crippen LogP contribution in [0.1, 0.15) is 62.8 Å². The Balaban J connectivity index is 1.43. The lowest BCUT2D eigenvalue weighted by Gasteiger charge is -2.27. The molecule has 1 N–H and O–H groups in total. The van der Waals surface area contributed by atoms with Gasteiger partial charge in [0.25, 0.3) is 0 Å². The molecule has 0 aromatic carbocycles. The van der Waals surface area contributed by atoms with E-state index in [4.69, 9.17) is 9.47 Å². The van der Waals surface area contributed by atoms with Crippen LogP contribution < -0.4 is 4.74 Å². The van der Waals surface area contributed by atoms with E-state index in [0.717, 1.165) is 49.8 Å². The van der Waals surface area contributed by atoms with Gasteiger partial charge in [-0.1, -0.05) is 12.8 Å². The largest absolute Gasteiger partial charge is 0.481 e. The van der Waals surface area contributed by atoms with Gasteiger partial charge in [0.1, 0.15) is 18.4 Å². The minimum absolute atomic E-state index is 0.0827. The molecule has 0 spiro atoms. The van der Waals surface area contributed by atoms with Crippen LogP contribution >= 0.6 is 0 Å². The average molecular weight is 472 g/mol. The molecular weight excluding hydrogens is 438 g/mol. The Hall–Kier alpha value is -3.17. The van der Waals surface area contributed by atoms with E-state index in [9.17, 15) is 14.7 Å². The molecule has 2 heterocycles. The van der Waals surface area contributed by atoms with Gasteiger partial charge in [0, 0.05) is 25.7 Å². The normalized spacial score (nSPS) is 20.8. The lowest BCUT2D eigenvalue weighted by Crippen LogP contribution is -2.35. The van der Waals surface area contributed by atoms with Crippen molar-refractivity contribution in [2.75, 3.05) is 7.05 Å². The van der Waals surface area contributed by atoms with Crippen molar-refractivity contribution in [1.82, 2.24) is 24.6 Å². The Kier molecular flexibility index (Phi) is 7.33. The number of carboxylic acid groups (broad SMARTS) is 1. The third-order valence-corrected chi connectivity index (χ3v) is 6.99. The summed E-state index contributed by atoms with van der Waals surface area (Å²) in [4.78, 5) is 34.7. The van der Waals surface area contributed by atoms with Crippen molar-refractivity contribution in [2.24, 2.45) is 13.0 Å². The van der Waals surface area contributed by atoms with E-state index in [1.54, 1.807) is 36.1 Å². The molecule has 184 valence electrons. The predicted molar refractivity (Wildman–Crippen MR) is 123 cm³/mol. The lowest BCUT2D eigenvalue weighted by molar-refractivity contribution is -0.143. The van der Waals surface area contributed by atoms with Gasteiger partial charge in [0.05, 0.1) is 29.7 Å². The first kappa shape index (κ1) is 24.0. The van der Waals surface area contributed by atoms with Gasteiger partial charge in [0.15, 0.2) is 0 Å². The van der Waals surface area contributed by atoms with Gasteiger partial charge < -0.3 is 19.5 Å². The van der Waals surface area contributed by atoms with Crippen LogP contribution in [0, 0.1) is 12.8 Å². The summed E-state index contributed by atoms with van der Waals surface area (Å²) >= 11 is 0. The molecule has 0 bridgehead atoms. The number of carbonyl (C=O) groups excluding carboxylic acids is 1. The SMILES string of the molecule is Cc1nc(-c2cnn(C)c2COC(=O)N(C)C2CCCC2)cnc1O[C@H]1CCCC(C(=O)O)C1. The number of rotatable bonds is 7. The molecule has 0 radical (unpaired) electrons. The molecule has 10 heteroatoms. The maximum atomic E-state index is 12.5. The minimum Gasteiger partial charge on any atom is -0.481 e. The molecular formula is C24H33N5O5. The van der Waals surface area contributed by atoms with Crippen molar-refractivity contribution in [1.29, 1.82) is 0 Å². The van der Waals surface area contributed by atoms with E-state index in [0.29, 0.717) is 30.1 Å². The highest BCUT2D eigenvalue weighted by atomic mass is 16.6. The molecule has 1 amide bonds. The predicted octanol–water partition coefficient (Wildman–Crippen LogP) is 3.72. The Morgan fingerprint density at radius 3 is 2.65 bits per heavy atom. The standard InChI is InChI=1S/C24H33N5O5/c1-15-22(34-18-10-6-7-16(11-18)23(30)31)25-13-20(27-15)19-12-26-29(3)21(19)14-33-24(32)28(2)17-8-4-5-9-17/h12-13,16-18H,4-11,14H2,1-3H3,(H,30,31)/t16?,18-/m0/s1. The van der Waals surface area contributed by atoms with Crippen LogP contribution in [0.5, 0.6) is 5.88 Å². The highest BCUT2D eigenvalue weighted by molar-refractivity contribution is 5.70. The van der Waals surface area contributed by atoms with Crippen molar-refractivity contribution >= 4 is 12.1 Å². The molecule has 1 unspecified atom stereocenters. The van der Waals surface area contributed by atoms with E-state index in [1.807, 2.05) is 6.92 Å². The van der Waals surface area contributed by atoms with Crippen LogP contribution in [0.2, 0.25) is 0 Å². The van der Waals surface area contributed by atoms with Crippen molar-refractivity contribution in [3.8, 4) is 17.1 Å². The van der Waals surface area contributed by atoms with Gasteiger partial charge in [-0.05, 0) is 45.4 Å². The topological polar surface area (TPSA) is 120 Å². The van der Waals surface area contributed by atoms with Crippen LogP contribution in [-0.4, -0.2) is 61.0 Å². The number of aromatic nitrogens is 4. The molecule has 0 saturated heterocycles. The van der Waals surface area contributed by atoms with Crippen molar-refractivity contribution in [3.63, 3.8) is 0 Å². The molecule has 34 heavy (non-hydrogen) atoms. The summed E-state index contributed by atoms with van der Waals surface area (Å²) in [7, 11) is 3.59. The first-order chi connectivity index (χ1) is 16.3. The van der Waals surface area contributed by atoms with E-state index >= 15 is 0 Å². The second kappa shape index (κ2) is 10.4. The maximum Gasteiger partial charge on any atom is 0.410 e. The summed E-state index contributed by atoms with van der Waals surface area (Å²) < 4.78 is 13.3. The van der Waals surface area contributed by atoms with Gasteiger partial charge in [-0.3, -0.25) is 9.48 Å². The van der Waals surface area contributed by atoms with E-state index < -0.39 is 5.97 Å². The van der Waals surface area contributed by atoms with E-state index in [-0.39, 0.29) is 30.8 Å². The fourth-order valence-electron chi connectivity index (χ4n) is 4.87. The number of carboxylic acids is 1. The van der Waals surface area contributed by atoms with Crippen LogP contribution in [0.3, 0.4) is 0 Å². The zero-order chi connectivity index (χ0) is 24.2. The van der Waals surface area contributed by atoms with Crippen LogP contribution in [-0.2, 0) is 23.2 Å². The zero-order valence-electron chi connectivity index (χ0n) is 20.1. The fourth-order valence-corrected chi connectivity index (χ4v) is 4.87. The molecule has 2 atom stereocenters. The Labute approximate surface area is 199 Å². The summed E-state index contributed by atoms with van der Waals surface area (Å²) in [6, 6.07) is 0.245. The summed E-state index contributed by atoms with van der Waals surface area (Å²) in [5.41, 5.74) is 2.69. The smallest absolute Gasteiger partial charge is 0.410 e. The number of ether oxygens (including phenoxy) is 2. The van der Waals surface area contributed by atoms with Gasteiger partial charge in [-0.25, -0.2) is 14.8 Å². The third kappa shape index (κ3) is 5.31. The first-order valence-electron chi connectivity index (χ1n) is 12.0. The highest BCUT2D eigenvalue weighted by Gasteiger charge is 2.29. The zero-order valence-corrected chi connectivity index (χ0v) is 20.1. The van der Waals surface area contributed by atoms with Crippen LogP contribution in [0.4, 0.5) is 4.79 Å². The molecule has 0 aliphatic heterocycles. The fraction of sp³-hybridized carbons (Fsp3) is 0.625. The maximum absolute atomic E-state index is 12.5. The van der Waals surface area contributed by atoms with Crippen LogP contribution in [0.25, 0.3) is 11.3 Å². The lowest BCUT2D eigenvalue weighted by atomic mass is 9.87. The van der Waals surface area contributed by atoms with Gasteiger partial charge in [-0.15, -0.1) is 0 Å². The van der Waals surface area contributed by atoms with Crippen molar-refractivity contribution < 1.29 is 24.2 Å². The highest BCUT2D eigenvalue weighted by Crippen LogP contribution is 2.30. The molecule has 2 saturated carbocycles. The Morgan fingerprint density at radius 2 is 1.94 bits per heavy atom. The second-order valence-electron chi connectivity index (χ2n) is 9.32. The summed E-state index contributed by atoms with van der Waals surface area (Å²) in [5.74, 6) is -0.736. The van der Waals surface area contributed by atoms with Crippen molar-refractivity contribution in [2.45, 2.75) is 77.0 Å². The van der Waals surface area contributed by atoms with E-state index in [1.165, 1.54) is 0 Å². The number of hydrogen-bond donors (Lipinski definition) is 1. The van der Waals surface area contributed by atoms with E-state index in [2.05, 4.69) is 15.1 Å². The number of amides is 1. The molecule has 4 rings (SSSR count). The summed E-state index contributed by atoms with van der Waals surface area (Å²) in [6.45, 7) is 1.90. The van der Waals surface area contributed by atoms with Gasteiger partial charge in [-0.2, -0.15) is 5.10 Å². The first-order valence-corrected chi connectivity index (χ1v) is 12.0. The molecule has 2 aromatic rings. The van der Waals surface area contributed by atoms with Crippen molar-refractivity contribution in [3.05, 3.63) is 23.8 Å². The molecule has 2 aromatic heterocycles. The minimum atomic E-state index is -0.773. The second-order valence-corrected chi connectivity index (χ2v) is 9.32. The Morgan fingerprint density at radius 1 is 1.18 bits per heavy atom. The molecule has 10 nitrogen and oxygen atoms in total. The number of nitrogens with zero attached hydrogens (tertiary/aromatic N) is 5. The summed E-state index contributed by atoms with van der Waals surface area (Å²) in [5, 5.41) is 13.6. The molecule has 2 fully saturated rings. The third-order valence-electron chi connectivity index (χ3n) is 6.99. The summed E-state index contributed by atoms with van der Waals surface area (Å²) in [6.07, 6.45) is 9.90. The van der Waals surface area contributed by atoms with Gasteiger partial charge >= 0.3 is 12.1 Å². The number of aryl methyl sites for hydroxylation is 2. The number of carbonyl (C=O) groups is 2. The molecule has 2 aliphatic carbocycles. The number of hydrogen-bond acceptors (Lipinski definition) is 7. The van der Waals surface area contributed by atoms with Gasteiger partial charge in [0.2, 0.25) is 5.88 Å². The Bertz CT molecular complexity index is 1030. The van der Waals surface area contributed by atoms with Crippen LogP contribution in [0.15, 0.2) is 12.4 Å². The molecule has 2 aliphatic rings. The quantitative estimate of drug-likeness (QED) is 0.649. The number of aliphatic carboxylic acids is 1.